The van der Waals surface area contributed by atoms with Gasteiger partial charge in [-0.25, -0.2) is 4.79 Å². The number of hydrogen-bond donors (Lipinski definition) is 0. The lowest BCUT2D eigenvalue weighted by molar-refractivity contribution is -0.140. The highest BCUT2D eigenvalue weighted by Gasteiger charge is 2.40. The van der Waals surface area contributed by atoms with Gasteiger partial charge in [0.15, 0.2) is 0 Å². The first kappa shape index (κ1) is 30.5. The molecule has 0 bridgehead atoms. The minimum absolute atomic E-state index is 0.123. The van der Waals surface area contributed by atoms with Crippen molar-refractivity contribution in [3.8, 4) is 0 Å². The van der Waals surface area contributed by atoms with Crippen LogP contribution in [0.1, 0.15) is 95.3 Å². The van der Waals surface area contributed by atoms with E-state index in [0.29, 0.717) is 52.3 Å². The average Bonchev–Trinajstić information content (AvgIpc) is 3.05. The molecule has 0 spiro atoms. The molecule has 0 aromatic heterocycles. The van der Waals surface area contributed by atoms with Crippen LogP contribution in [0.25, 0.3) is 43.1 Å². The Morgan fingerprint density at radius 2 is 1.00 bits per heavy atom. The summed E-state index contributed by atoms with van der Waals surface area (Å²) in [5.41, 5.74) is 2.06. The number of rotatable bonds is 9. The van der Waals surface area contributed by atoms with Crippen LogP contribution >= 0.6 is 0 Å². The highest BCUT2D eigenvalue weighted by molar-refractivity contribution is 6.41. The number of benzene rings is 5. The van der Waals surface area contributed by atoms with E-state index in [1.807, 2.05) is 52.0 Å². The molecule has 0 saturated carbocycles. The van der Waals surface area contributed by atoms with Gasteiger partial charge in [-0.15, -0.1) is 0 Å². The molecule has 5 aromatic carbocycles. The first-order valence-corrected chi connectivity index (χ1v) is 16.3. The van der Waals surface area contributed by atoms with Crippen molar-refractivity contribution in [2.24, 2.45) is 5.92 Å². The van der Waals surface area contributed by atoms with Gasteiger partial charge < -0.3 is 4.74 Å². The Morgan fingerprint density at radius 1 is 0.638 bits per heavy atom. The van der Waals surface area contributed by atoms with E-state index in [1.165, 1.54) is 9.80 Å². The topological polar surface area (TPSA) is 101 Å². The number of esters is 1. The zero-order chi connectivity index (χ0) is 33.5. The smallest absolute Gasteiger partial charge is 0.333 e. The van der Waals surface area contributed by atoms with Gasteiger partial charge in [-0.3, -0.25) is 29.0 Å². The second-order valence-electron chi connectivity index (χ2n) is 13.2. The molecule has 47 heavy (non-hydrogen) atoms. The van der Waals surface area contributed by atoms with Crippen LogP contribution in [0.2, 0.25) is 0 Å². The summed E-state index contributed by atoms with van der Waals surface area (Å²) in [5.74, 6) is -1.87. The van der Waals surface area contributed by atoms with Gasteiger partial charge in [0.1, 0.15) is 6.61 Å². The molecule has 7 rings (SSSR count). The lowest BCUT2D eigenvalue weighted by Crippen LogP contribution is -2.49. The Morgan fingerprint density at radius 3 is 1.32 bits per heavy atom. The monoisotopic (exact) mass is 628 g/mol. The molecule has 238 valence electrons. The van der Waals surface area contributed by atoms with Gasteiger partial charge in [0.05, 0.1) is 6.04 Å². The van der Waals surface area contributed by atoms with Gasteiger partial charge in [0.25, 0.3) is 23.6 Å². The van der Waals surface area contributed by atoms with Gasteiger partial charge in [-0.2, -0.15) is 0 Å². The van der Waals surface area contributed by atoms with Crippen LogP contribution in [0, 0.1) is 5.92 Å². The summed E-state index contributed by atoms with van der Waals surface area (Å²) in [5, 5.41) is 6.21. The van der Waals surface area contributed by atoms with E-state index in [9.17, 15) is 24.0 Å². The molecule has 0 radical (unpaired) electrons. The van der Waals surface area contributed by atoms with Crippen LogP contribution in [-0.4, -0.2) is 58.1 Å². The van der Waals surface area contributed by atoms with Gasteiger partial charge in [0, 0.05) is 44.6 Å². The molecule has 2 aliphatic rings. The Labute approximate surface area is 272 Å². The fourth-order valence-electron chi connectivity index (χ4n) is 7.71. The van der Waals surface area contributed by atoms with Crippen molar-refractivity contribution in [3.63, 3.8) is 0 Å². The van der Waals surface area contributed by atoms with E-state index in [1.54, 1.807) is 31.2 Å². The van der Waals surface area contributed by atoms with E-state index in [-0.39, 0.29) is 36.0 Å². The van der Waals surface area contributed by atoms with E-state index >= 15 is 0 Å². The SMILES string of the molecule is C=C(C)C(=O)OCC(CC(C)C)N1C(=O)c2ccc3c4ccc5c6c(ccc(c7ccc(c2c37)C1=O)c64)C(=O)N(C(CC)CC)C5=O. The molecule has 8 nitrogen and oxygen atoms in total. The van der Waals surface area contributed by atoms with Crippen molar-refractivity contribution >= 4 is 72.7 Å². The van der Waals surface area contributed by atoms with Gasteiger partial charge in [-0.1, -0.05) is 58.5 Å². The zero-order valence-corrected chi connectivity index (χ0v) is 27.2. The first-order chi connectivity index (χ1) is 22.5. The number of hydrogen-bond acceptors (Lipinski definition) is 6. The Kier molecular flexibility index (Phi) is 7.15. The summed E-state index contributed by atoms with van der Waals surface area (Å²) in [6.45, 7) is 13.0. The van der Waals surface area contributed by atoms with Crippen molar-refractivity contribution in [2.75, 3.05) is 6.61 Å². The van der Waals surface area contributed by atoms with E-state index in [0.717, 1.165) is 32.3 Å². The number of amides is 4. The van der Waals surface area contributed by atoms with Crippen LogP contribution in [0.4, 0.5) is 0 Å². The number of imide groups is 2. The Bertz CT molecular complexity index is 2110. The molecular weight excluding hydrogens is 592 g/mol. The number of carbonyl (C=O) groups is 5. The van der Waals surface area contributed by atoms with Crippen LogP contribution in [0.5, 0.6) is 0 Å². The maximum absolute atomic E-state index is 14.2. The zero-order valence-electron chi connectivity index (χ0n) is 27.2. The fourth-order valence-corrected chi connectivity index (χ4v) is 7.71. The quantitative estimate of drug-likeness (QED) is 0.0546. The third-order valence-electron chi connectivity index (χ3n) is 9.87. The second kappa shape index (κ2) is 11.0. The van der Waals surface area contributed by atoms with Crippen molar-refractivity contribution in [1.82, 2.24) is 9.80 Å². The molecular formula is C39H36N2O6. The third kappa shape index (κ3) is 4.30. The third-order valence-corrected chi connectivity index (χ3v) is 9.87. The summed E-state index contributed by atoms with van der Waals surface area (Å²) < 4.78 is 5.46. The summed E-state index contributed by atoms with van der Waals surface area (Å²) >= 11 is 0. The minimum Gasteiger partial charge on any atom is -0.460 e. The predicted octanol–water partition coefficient (Wildman–Crippen LogP) is 7.65. The number of nitrogens with zero attached hydrogens (tertiary/aromatic N) is 2. The Hall–Kier alpha value is -5.11. The van der Waals surface area contributed by atoms with Crippen LogP contribution < -0.4 is 0 Å². The van der Waals surface area contributed by atoms with Crippen LogP contribution in [0.3, 0.4) is 0 Å². The molecule has 0 saturated heterocycles. The molecule has 4 amide bonds. The normalized spacial score (nSPS) is 15.4. The summed E-state index contributed by atoms with van der Waals surface area (Å²) in [6, 6.07) is 13.9. The summed E-state index contributed by atoms with van der Waals surface area (Å²) in [7, 11) is 0. The van der Waals surface area contributed by atoms with Crippen molar-refractivity contribution in [3.05, 3.63) is 82.9 Å². The maximum atomic E-state index is 14.2. The fraction of sp³-hybridized carbons (Fsp3) is 0.308. The lowest BCUT2D eigenvalue weighted by Gasteiger charge is -2.35. The van der Waals surface area contributed by atoms with Crippen LogP contribution in [-0.2, 0) is 9.53 Å². The van der Waals surface area contributed by atoms with E-state index < -0.39 is 23.8 Å². The average molecular weight is 629 g/mol. The predicted molar refractivity (Wildman–Crippen MR) is 182 cm³/mol. The number of ether oxygens (including phenoxy) is 1. The first-order valence-electron chi connectivity index (χ1n) is 16.3. The molecule has 2 aliphatic heterocycles. The van der Waals surface area contributed by atoms with Gasteiger partial charge in [-0.05, 0) is 88.7 Å². The van der Waals surface area contributed by atoms with Gasteiger partial charge in [0.2, 0.25) is 0 Å². The largest absolute Gasteiger partial charge is 0.460 e. The number of carbonyl (C=O) groups excluding carboxylic acids is 5. The highest BCUT2D eigenvalue weighted by atomic mass is 16.5. The van der Waals surface area contributed by atoms with E-state index in [2.05, 4.69) is 6.58 Å². The van der Waals surface area contributed by atoms with Crippen LogP contribution in [0.15, 0.2) is 60.7 Å². The second-order valence-corrected chi connectivity index (χ2v) is 13.2. The molecule has 1 atom stereocenters. The molecule has 2 heterocycles. The maximum Gasteiger partial charge on any atom is 0.333 e. The van der Waals surface area contributed by atoms with Crippen molar-refractivity contribution < 1.29 is 28.7 Å². The highest BCUT2D eigenvalue weighted by Crippen LogP contribution is 2.46. The standard InChI is InChI=1S/C39H36N2O6/c1-7-21(8-2)40-35(42)27-13-9-23-25-11-15-29-34-30(16-12-26(32(25)34)24-10-14-28(36(40)43)33(27)31(23)24)38(45)41(37(29)44)22(17-19(3)4)18-47-39(46)20(5)6/h9-16,19,21-22H,5,7-8,17-18H2,1-4,6H3. The van der Waals surface area contributed by atoms with Crippen molar-refractivity contribution in [2.45, 2.75) is 66.0 Å². The summed E-state index contributed by atoms with van der Waals surface area (Å²) in [6.07, 6.45) is 1.81. The van der Waals surface area contributed by atoms with Crippen molar-refractivity contribution in [1.29, 1.82) is 0 Å². The minimum atomic E-state index is -0.653. The lowest BCUT2D eigenvalue weighted by atomic mass is 9.81. The molecule has 0 N–H and O–H groups in total. The number of fused-ring (bicyclic) bond motifs is 2. The molecule has 0 aliphatic carbocycles. The molecule has 1 unspecified atom stereocenters. The molecule has 0 fully saturated rings. The van der Waals surface area contributed by atoms with E-state index in [4.69, 9.17) is 4.74 Å². The van der Waals surface area contributed by atoms with Gasteiger partial charge >= 0.3 is 5.97 Å². The Balaban J connectivity index is 1.43. The summed E-state index contributed by atoms with van der Waals surface area (Å²) in [4.78, 5) is 70.9. The molecule has 8 heteroatoms. The molecule has 5 aromatic rings.